The van der Waals surface area contributed by atoms with Gasteiger partial charge in [-0.1, -0.05) is 18.2 Å². The number of carboxylic acid groups (broad SMARTS) is 1. The Kier molecular flexibility index (Phi) is 5.75. The number of aliphatic carboxylic acids is 1. The number of anilines is 1. The molecule has 1 aromatic rings. The molecule has 5 nitrogen and oxygen atoms in total. The SMILES string of the molecule is O=C(O)CCc1ccccc1NC(=O)CCC1CCCO1. The number of benzene rings is 1. The van der Waals surface area contributed by atoms with Gasteiger partial charge in [-0.25, -0.2) is 0 Å². The first-order chi connectivity index (χ1) is 10.1. The van der Waals surface area contributed by atoms with Crippen molar-refractivity contribution in [2.24, 2.45) is 0 Å². The molecule has 21 heavy (non-hydrogen) atoms. The van der Waals surface area contributed by atoms with Gasteiger partial charge in [0.25, 0.3) is 0 Å². The summed E-state index contributed by atoms with van der Waals surface area (Å²) in [6, 6.07) is 7.33. The first-order valence-corrected chi connectivity index (χ1v) is 7.36. The molecule has 1 atom stereocenters. The van der Waals surface area contributed by atoms with Crippen LogP contribution in [0.4, 0.5) is 5.69 Å². The van der Waals surface area contributed by atoms with E-state index < -0.39 is 5.97 Å². The number of aryl methyl sites for hydroxylation is 1. The lowest BCUT2D eigenvalue weighted by molar-refractivity contribution is -0.136. The lowest BCUT2D eigenvalue weighted by atomic mass is 10.1. The van der Waals surface area contributed by atoms with Gasteiger partial charge in [-0.15, -0.1) is 0 Å². The van der Waals surface area contributed by atoms with E-state index in [0.717, 1.165) is 31.4 Å². The van der Waals surface area contributed by atoms with E-state index in [4.69, 9.17) is 9.84 Å². The maximum Gasteiger partial charge on any atom is 0.303 e. The van der Waals surface area contributed by atoms with Crippen molar-refractivity contribution in [1.82, 2.24) is 0 Å². The first kappa shape index (κ1) is 15.5. The lowest BCUT2D eigenvalue weighted by Crippen LogP contribution is -2.16. The Balaban J connectivity index is 1.85. The Labute approximate surface area is 124 Å². The summed E-state index contributed by atoms with van der Waals surface area (Å²) < 4.78 is 5.50. The van der Waals surface area contributed by atoms with Crippen molar-refractivity contribution in [2.45, 2.75) is 44.6 Å². The number of carbonyl (C=O) groups is 2. The maximum absolute atomic E-state index is 12.0. The van der Waals surface area contributed by atoms with E-state index in [2.05, 4.69) is 5.32 Å². The predicted octanol–water partition coefficient (Wildman–Crippen LogP) is 2.60. The predicted molar refractivity (Wildman–Crippen MR) is 79.2 cm³/mol. The topological polar surface area (TPSA) is 75.6 Å². The monoisotopic (exact) mass is 291 g/mol. The van der Waals surface area contributed by atoms with Gasteiger partial charge in [0.05, 0.1) is 6.10 Å². The largest absolute Gasteiger partial charge is 0.481 e. The first-order valence-electron chi connectivity index (χ1n) is 7.36. The molecule has 1 aliphatic heterocycles. The minimum atomic E-state index is -0.838. The van der Waals surface area contributed by atoms with Crippen LogP contribution in [0.15, 0.2) is 24.3 Å². The summed E-state index contributed by atoms with van der Waals surface area (Å²) in [4.78, 5) is 22.6. The summed E-state index contributed by atoms with van der Waals surface area (Å²) in [6.45, 7) is 0.796. The molecule has 1 saturated heterocycles. The van der Waals surface area contributed by atoms with Crippen LogP contribution in [0.3, 0.4) is 0 Å². The van der Waals surface area contributed by atoms with Crippen molar-refractivity contribution in [3.8, 4) is 0 Å². The van der Waals surface area contributed by atoms with Crippen molar-refractivity contribution < 1.29 is 19.4 Å². The number of carbonyl (C=O) groups excluding carboxylic acids is 1. The van der Waals surface area contributed by atoms with E-state index in [9.17, 15) is 9.59 Å². The van der Waals surface area contributed by atoms with Gasteiger partial charge < -0.3 is 15.2 Å². The molecule has 0 aliphatic carbocycles. The second-order valence-electron chi connectivity index (χ2n) is 5.27. The molecule has 0 aromatic heterocycles. The number of nitrogens with one attached hydrogen (secondary N) is 1. The molecule has 1 aromatic carbocycles. The average molecular weight is 291 g/mol. The minimum Gasteiger partial charge on any atom is -0.481 e. The number of hydrogen-bond donors (Lipinski definition) is 2. The Hall–Kier alpha value is -1.88. The van der Waals surface area contributed by atoms with E-state index in [0.29, 0.717) is 18.5 Å². The fourth-order valence-electron chi connectivity index (χ4n) is 2.48. The van der Waals surface area contributed by atoms with Crippen LogP contribution in [0, 0.1) is 0 Å². The normalized spacial score (nSPS) is 17.6. The van der Waals surface area contributed by atoms with Crippen LogP contribution in [-0.4, -0.2) is 29.7 Å². The number of para-hydroxylation sites is 1. The van der Waals surface area contributed by atoms with Crippen LogP contribution in [0.25, 0.3) is 0 Å². The summed E-state index contributed by atoms with van der Waals surface area (Å²) in [5, 5.41) is 11.6. The standard InChI is InChI=1S/C16H21NO4/c18-15(9-8-13-5-3-11-21-13)17-14-6-2-1-4-12(14)7-10-16(19)20/h1-2,4,6,13H,3,5,7-11H2,(H,17,18)(H,19,20). The second kappa shape index (κ2) is 7.78. The third-order valence-electron chi connectivity index (χ3n) is 3.62. The Bertz CT molecular complexity index is 495. The zero-order valence-corrected chi connectivity index (χ0v) is 12.0. The third-order valence-corrected chi connectivity index (χ3v) is 3.62. The molecule has 0 bridgehead atoms. The smallest absolute Gasteiger partial charge is 0.303 e. The van der Waals surface area contributed by atoms with Gasteiger partial charge in [0, 0.05) is 25.1 Å². The Morgan fingerprint density at radius 1 is 1.29 bits per heavy atom. The number of hydrogen-bond acceptors (Lipinski definition) is 3. The Morgan fingerprint density at radius 2 is 2.10 bits per heavy atom. The van der Waals surface area contributed by atoms with Gasteiger partial charge >= 0.3 is 5.97 Å². The molecular formula is C16H21NO4. The van der Waals surface area contributed by atoms with Crippen LogP contribution in [0.5, 0.6) is 0 Å². The zero-order chi connectivity index (χ0) is 15.1. The van der Waals surface area contributed by atoms with Gasteiger partial charge in [-0.2, -0.15) is 0 Å². The van der Waals surface area contributed by atoms with Crippen molar-refractivity contribution in [3.05, 3.63) is 29.8 Å². The van der Waals surface area contributed by atoms with Gasteiger partial charge in [-0.05, 0) is 37.3 Å². The third kappa shape index (κ3) is 5.19. The molecule has 5 heteroatoms. The van der Waals surface area contributed by atoms with E-state index >= 15 is 0 Å². The molecule has 1 unspecified atom stereocenters. The molecule has 2 N–H and O–H groups in total. The highest BCUT2D eigenvalue weighted by atomic mass is 16.5. The molecule has 1 aliphatic rings. The molecule has 2 rings (SSSR count). The highest BCUT2D eigenvalue weighted by Gasteiger charge is 2.17. The minimum absolute atomic E-state index is 0.0479. The van der Waals surface area contributed by atoms with Crippen LogP contribution in [0.2, 0.25) is 0 Å². The van der Waals surface area contributed by atoms with E-state index in [1.807, 2.05) is 18.2 Å². The van der Waals surface area contributed by atoms with Crippen LogP contribution in [0.1, 0.15) is 37.7 Å². The average Bonchev–Trinajstić information content (AvgIpc) is 2.97. The van der Waals surface area contributed by atoms with Gasteiger partial charge in [0.2, 0.25) is 5.91 Å². The highest BCUT2D eigenvalue weighted by molar-refractivity contribution is 5.91. The Morgan fingerprint density at radius 3 is 2.81 bits per heavy atom. The van der Waals surface area contributed by atoms with Crippen LogP contribution >= 0.6 is 0 Å². The number of amides is 1. The summed E-state index contributed by atoms with van der Waals surface area (Å²) in [6.07, 6.45) is 3.95. The van der Waals surface area contributed by atoms with Crippen LogP contribution < -0.4 is 5.32 Å². The summed E-state index contributed by atoms with van der Waals surface area (Å²) in [7, 11) is 0. The summed E-state index contributed by atoms with van der Waals surface area (Å²) in [5.41, 5.74) is 1.56. The van der Waals surface area contributed by atoms with Gasteiger partial charge in [0.15, 0.2) is 0 Å². The van der Waals surface area contributed by atoms with Crippen molar-refractivity contribution in [3.63, 3.8) is 0 Å². The molecule has 114 valence electrons. The summed E-state index contributed by atoms with van der Waals surface area (Å²) >= 11 is 0. The van der Waals surface area contributed by atoms with Crippen molar-refractivity contribution in [1.29, 1.82) is 0 Å². The fourth-order valence-corrected chi connectivity index (χ4v) is 2.48. The van der Waals surface area contributed by atoms with Crippen LogP contribution in [-0.2, 0) is 20.7 Å². The van der Waals surface area contributed by atoms with Crippen molar-refractivity contribution in [2.75, 3.05) is 11.9 Å². The molecule has 0 saturated carbocycles. The molecular weight excluding hydrogens is 270 g/mol. The van der Waals surface area contributed by atoms with Gasteiger partial charge in [0.1, 0.15) is 0 Å². The van der Waals surface area contributed by atoms with E-state index in [1.165, 1.54) is 0 Å². The van der Waals surface area contributed by atoms with Crippen molar-refractivity contribution >= 4 is 17.6 Å². The number of rotatable bonds is 7. The zero-order valence-electron chi connectivity index (χ0n) is 12.0. The molecule has 1 fully saturated rings. The molecule has 1 amide bonds. The highest BCUT2D eigenvalue weighted by Crippen LogP contribution is 2.19. The lowest BCUT2D eigenvalue weighted by Gasteiger charge is -2.12. The quantitative estimate of drug-likeness (QED) is 0.809. The fraction of sp³-hybridized carbons (Fsp3) is 0.500. The summed E-state index contributed by atoms with van der Waals surface area (Å²) in [5.74, 6) is -0.886. The molecule has 0 spiro atoms. The number of ether oxygens (including phenoxy) is 1. The van der Waals surface area contributed by atoms with E-state index in [-0.39, 0.29) is 18.4 Å². The van der Waals surface area contributed by atoms with Gasteiger partial charge in [-0.3, -0.25) is 9.59 Å². The molecule has 0 radical (unpaired) electrons. The maximum atomic E-state index is 12.0. The van der Waals surface area contributed by atoms with E-state index in [1.54, 1.807) is 6.07 Å². The number of carboxylic acids is 1. The second-order valence-corrected chi connectivity index (χ2v) is 5.27. The molecule has 1 heterocycles.